The quantitative estimate of drug-likeness (QED) is 0.235. The minimum absolute atomic E-state index is 0.0645. The smallest absolute Gasteiger partial charge is 0.318 e. The van der Waals surface area contributed by atoms with Gasteiger partial charge in [-0.2, -0.15) is 0 Å². The number of carbonyl (C=O) groups is 1. The van der Waals surface area contributed by atoms with Crippen LogP contribution in [0.5, 0.6) is 0 Å². The number of likely N-dealkylation sites (N-methyl/N-ethyl adjacent to an activating group) is 1. The van der Waals surface area contributed by atoms with Gasteiger partial charge in [0, 0.05) is 64.5 Å². The van der Waals surface area contributed by atoms with Gasteiger partial charge in [-0.1, -0.05) is 74.0 Å². The van der Waals surface area contributed by atoms with Crippen molar-refractivity contribution in [2.24, 2.45) is 27.1 Å². The molecule has 1 saturated heterocycles. The van der Waals surface area contributed by atoms with Gasteiger partial charge in [0.05, 0.1) is 18.9 Å². The summed E-state index contributed by atoms with van der Waals surface area (Å²) in [5.74, 6) is -0.0667. The number of halogens is 1. The number of nitrogens with one attached hydrogen (secondary N) is 2. The first-order valence-corrected chi connectivity index (χ1v) is 15.4. The van der Waals surface area contributed by atoms with Crippen LogP contribution in [0.3, 0.4) is 0 Å². The first kappa shape index (κ1) is 30.6. The predicted molar refractivity (Wildman–Crippen MR) is 182 cm³/mol. The number of morpholine rings is 1. The van der Waals surface area contributed by atoms with Crippen molar-refractivity contribution in [3.63, 3.8) is 0 Å². The molecule has 0 spiro atoms. The van der Waals surface area contributed by atoms with Gasteiger partial charge in [-0.05, 0) is 35.7 Å². The standard InChI is InChI=1S/C34H38ClN7O3/c1-34(2)15-7-6-10-25(34)29-24-20-21(35)11-13-27(24)41(3)31(43)30(38-29)39-33(40-32(36)44)37-26-12-14-28(42-16-18-45-19-17-42)23-9-5-4-8-22(23)26/h4-15,20,25,30-31,43H,16-19H2,1-3H3,(H4,36,37,39,40,44). The summed E-state index contributed by atoms with van der Waals surface area (Å²) in [5.41, 5.74) is 9.46. The summed E-state index contributed by atoms with van der Waals surface area (Å²) in [4.78, 5) is 26.1. The number of aliphatic imine (C=N–C) groups is 2. The first-order valence-electron chi connectivity index (χ1n) is 15.0. The highest BCUT2D eigenvalue weighted by molar-refractivity contribution is 6.31. The highest BCUT2D eigenvalue weighted by atomic mass is 35.5. The molecule has 3 aromatic carbocycles. The van der Waals surface area contributed by atoms with Crippen LogP contribution in [0.2, 0.25) is 5.02 Å². The molecule has 3 atom stereocenters. The number of benzene rings is 3. The molecule has 0 radical (unpaired) electrons. The van der Waals surface area contributed by atoms with Crippen molar-refractivity contribution in [3.05, 3.63) is 89.5 Å². The second kappa shape index (κ2) is 12.5. The van der Waals surface area contributed by atoms with Crippen LogP contribution in [0.4, 0.5) is 21.9 Å². The predicted octanol–water partition coefficient (Wildman–Crippen LogP) is 5.12. The van der Waals surface area contributed by atoms with Gasteiger partial charge in [-0.25, -0.2) is 9.79 Å². The van der Waals surface area contributed by atoms with Gasteiger partial charge in [-0.3, -0.25) is 10.3 Å². The van der Waals surface area contributed by atoms with Crippen LogP contribution in [-0.2, 0) is 4.74 Å². The van der Waals surface area contributed by atoms with Gasteiger partial charge < -0.3 is 30.7 Å². The van der Waals surface area contributed by atoms with E-state index in [9.17, 15) is 9.90 Å². The number of rotatable bonds is 4. The molecule has 45 heavy (non-hydrogen) atoms. The Morgan fingerprint density at radius 2 is 1.82 bits per heavy atom. The zero-order valence-corrected chi connectivity index (χ0v) is 26.3. The van der Waals surface area contributed by atoms with Crippen LogP contribution in [0.1, 0.15) is 19.4 Å². The number of carbonyl (C=O) groups excluding carboxylic acids is 1. The Labute approximate surface area is 267 Å². The third-order valence-electron chi connectivity index (χ3n) is 8.59. The van der Waals surface area contributed by atoms with Crippen molar-refractivity contribution in [1.29, 1.82) is 0 Å². The van der Waals surface area contributed by atoms with Gasteiger partial charge in [0.1, 0.15) is 0 Å². The SMILES string of the molecule is CN1c2ccc(Cl)cc2C(C2C=CC=CC2(C)C)=NC(/N=C(\NC(N)=O)Nc2ccc(N3CCOCC3)c3ccccc23)C1O. The van der Waals surface area contributed by atoms with Gasteiger partial charge in [0.25, 0.3) is 0 Å². The van der Waals surface area contributed by atoms with E-state index in [1.807, 2.05) is 54.6 Å². The highest BCUT2D eigenvalue weighted by Crippen LogP contribution is 2.40. The maximum absolute atomic E-state index is 12.2. The molecule has 0 saturated carbocycles. The van der Waals surface area contributed by atoms with Crippen molar-refractivity contribution in [3.8, 4) is 0 Å². The summed E-state index contributed by atoms with van der Waals surface area (Å²) in [6, 6.07) is 16.8. The Morgan fingerprint density at radius 1 is 1.09 bits per heavy atom. The molecule has 234 valence electrons. The Hall–Kier alpha value is -4.38. The van der Waals surface area contributed by atoms with Crippen LogP contribution in [0.25, 0.3) is 10.8 Å². The first-order chi connectivity index (χ1) is 21.6. The molecule has 0 bridgehead atoms. The molecule has 1 aliphatic carbocycles. The van der Waals surface area contributed by atoms with Crippen LogP contribution in [0, 0.1) is 11.3 Å². The van der Waals surface area contributed by atoms with Crippen molar-refractivity contribution in [2.75, 3.05) is 48.5 Å². The maximum Gasteiger partial charge on any atom is 0.318 e. The maximum atomic E-state index is 12.2. The molecule has 5 N–H and O–H groups in total. The number of allylic oxidation sites excluding steroid dienone is 4. The molecule has 0 aromatic heterocycles. The average Bonchev–Trinajstić information content (AvgIpc) is 3.11. The summed E-state index contributed by atoms with van der Waals surface area (Å²) in [5, 5.41) is 20.1. The molecule has 6 rings (SSSR count). The second-order valence-corrected chi connectivity index (χ2v) is 12.5. The molecule has 11 heteroatoms. The van der Waals surface area contributed by atoms with E-state index in [2.05, 4.69) is 47.6 Å². The Kier molecular flexibility index (Phi) is 8.54. The van der Waals surface area contributed by atoms with Crippen molar-refractivity contribution < 1.29 is 14.6 Å². The number of nitrogens with two attached hydrogens (primary N) is 1. The molecule has 2 heterocycles. The number of fused-ring (bicyclic) bond motifs is 2. The van der Waals surface area contributed by atoms with E-state index in [1.54, 1.807) is 18.0 Å². The van der Waals surface area contributed by atoms with E-state index in [0.717, 1.165) is 46.5 Å². The van der Waals surface area contributed by atoms with Gasteiger partial charge in [-0.15, -0.1) is 0 Å². The summed E-state index contributed by atoms with van der Waals surface area (Å²) in [6.07, 6.45) is 6.07. The van der Waals surface area contributed by atoms with Crippen LogP contribution >= 0.6 is 11.6 Å². The van der Waals surface area contributed by atoms with Crippen LogP contribution in [0.15, 0.2) is 88.9 Å². The summed E-state index contributed by atoms with van der Waals surface area (Å²) in [6.45, 7) is 7.23. The number of hydrogen-bond donors (Lipinski definition) is 4. The number of anilines is 3. The molecule has 2 amide bonds. The van der Waals surface area contributed by atoms with Crippen molar-refractivity contribution in [1.82, 2.24) is 5.32 Å². The number of guanidine groups is 1. The minimum atomic E-state index is -1.17. The van der Waals surface area contributed by atoms with E-state index in [1.165, 1.54) is 0 Å². The van der Waals surface area contributed by atoms with E-state index < -0.39 is 18.4 Å². The van der Waals surface area contributed by atoms with Crippen molar-refractivity contribution >= 4 is 57.1 Å². The third-order valence-corrected chi connectivity index (χ3v) is 8.83. The fourth-order valence-corrected chi connectivity index (χ4v) is 6.38. The minimum Gasteiger partial charge on any atom is -0.378 e. The van der Waals surface area contributed by atoms with E-state index >= 15 is 0 Å². The molecular formula is C34H38ClN7O3. The number of nitrogens with zero attached hydrogens (tertiary/aromatic N) is 4. The number of hydrogen-bond acceptors (Lipinski definition) is 7. The number of aliphatic hydroxyl groups excluding tert-OH is 1. The second-order valence-electron chi connectivity index (χ2n) is 12.0. The lowest BCUT2D eigenvalue weighted by Crippen LogP contribution is -2.44. The number of urea groups is 1. The highest BCUT2D eigenvalue weighted by Gasteiger charge is 2.37. The zero-order valence-electron chi connectivity index (χ0n) is 25.6. The summed E-state index contributed by atoms with van der Waals surface area (Å²) >= 11 is 6.49. The summed E-state index contributed by atoms with van der Waals surface area (Å²) < 4.78 is 5.56. The fourth-order valence-electron chi connectivity index (χ4n) is 6.20. The third kappa shape index (κ3) is 6.26. The van der Waals surface area contributed by atoms with Crippen LogP contribution < -0.4 is 26.2 Å². The average molecular weight is 628 g/mol. The molecule has 3 unspecified atom stereocenters. The largest absolute Gasteiger partial charge is 0.378 e. The number of ether oxygens (including phenoxy) is 1. The molecule has 3 aliphatic rings. The normalized spacial score (nSPS) is 22.9. The molecular weight excluding hydrogens is 590 g/mol. The molecule has 3 aromatic rings. The van der Waals surface area contributed by atoms with Crippen LogP contribution in [-0.4, -0.2) is 68.6 Å². The van der Waals surface area contributed by atoms with E-state index in [-0.39, 0.29) is 17.3 Å². The van der Waals surface area contributed by atoms with Gasteiger partial charge in [0.2, 0.25) is 5.96 Å². The number of benzodiazepines with no additional fused rings is 1. The molecule has 2 aliphatic heterocycles. The lowest BCUT2D eigenvalue weighted by Gasteiger charge is -2.33. The van der Waals surface area contributed by atoms with E-state index in [0.29, 0.717) is 23.9 Å². The monoisotopic (exact) mass is 627 g/mol. The number of aliphatic hydroxyl groups is 1. The lowest BCUT2D eigenvalue weighted by atomic mass is 9.72. The van der Waals surface area contributed by atoms with Crippen molar-refractivity contribution in [2.45, 2.75) is 26.2 Å². The zero-order chi connectivity index (χ0) is 31.7. The topological polar surface area (TPSA) is 128 Å². The van der Waals surface area contributed by atoms with E-state index in [4.69, 9.17) is 32.1 Å². The number of amides is 2. The fraction of sp³-hybridized carbons (Fsp3) is 0.324. The van der Waals surface area contributed by atoms with Gasteiger partial charge in [0.15, 0.2) is 12.4 Å². The summed E-state index contributed by atoms with van der Waals surface area (Å²) in [7, 11) is 1.78. The Balaban J connectivity index is 1.44. The Morgan fingerprint density at radius 3 is 2.56 bits per heavy atom. The Bertz CT molecular complexity index is 1730. The molecule has 1 fully saturated rings. The lowest BCUT2D eigenvalue weighted by molar-refractivity contribution is 0.123. The number of primary amides is 1. The van der Waals surface area contributed by atoms with Gasteiger partial charge >= 0.3 is 6.03 Å². The molecule has 10 nitrogen and oxygen atoms in total.